The lowest BCUT2D eigenvalue weighted by molar-refractivity contribution is 0.0806. The predicted octanol–water partition coefficient (Wildman–Crippen LogP) is 2.94. The standard InChI is InChI=1S/C16H28N2O2/c1-12(2)11-19-8-9-20-16-7-6-15(14(5)18-16)10-17-13(3)4/h6-7,12-13,17H,8-11H2,1-5H3. The van der Waals surface area contributed by atoms with E-state index in [2.05, 4.69) is 44.1 Å². The van der Waals surface area contributed by atoms with E-state index < -0.39 is 0 Å². The molecule has 20 heavy (non-hydrogen) atoms. The Hall–Kier alpha value is -1.13. The van der Waals surface area contributed by atoms with Crippen molar-refractivity contribution in [2.75, 3.05) is 19.8 Å². The van der Waals surface area contributed by atoms with Gasteiger partial charge in [-0.15, -0.1) is 0 Å². The number of nitrogens with zero attached hydrogens (tertiary/aromatic N) is 1. The second-order valence-corrected chi connectivity index (χ2v) is 5.75. The lowest BCUT2D eigenvalue weighted by Crippen LogP contribution is -2.22. The Balaban J connectivity index is 2.35. The average Bonchev–Trinajstić information content (AvgIpc) is 2.36. The fourth-order valence-corrected chi connectivity index (χ4v) is 1.67. The van der Waals surface area contributed by atoms with Crippen molar-refractivity contribution < 1.29 is 9.47 Å². The molecule has 114 valence electrons. The van der Waals surface area contributed by atoms with E-state index in [9.17, 15) is 0 Å². The molecule has 0 bridgehead atoms. The molecule has 0 saturated carbocycles. The van der Waals surface area contributed by atoms with Crippen LogP contribution in [0, 0.1) is 12.8 Å². The Morgan fingerprint density at radius 3 is 2.50 bits per heavy atom. The smallest absolute Gasteiger partial charge is 0.213 e. The van der Waals surface area contributed by atoms with Crippen LogP contribution in [0.15, 0.2) is 12.1 Å². The molecule has 0 amide bonds. The van der Waals surface area contributed by atoms with Crippen molar-refractivity contribution in [3.63, 3.8) is 0 Å². The first-order valence-electron chi connectivity index (χ1n) is 7.39. The van der Waals surface area contributed by atoms with Gasteiger partial charge in [-0.3, -0.25) is 0 Å². The number of aryl methyl sites for hydroxylation is 1. The van der Waals surface area contributed by atoms with Crippen LogP contribution in [0.1, 0.15) is 39.0 Å². The SMILES string of the molecule is Cc1nc(OCCOCC(C)C)ccc1CNC(C)C. The third kappa shape index (κ3) is 6.87. The second kappa shape index (κ2) is 8.93. The summed E-state index contributed by atoms with van der Waals surface area (Å²) >= 11 is 0. The molecule has 0 aliphatic heterocycles. The molecule has 0 unspecified atom stereocenters. The summed E-state index contributed by atoms with van der Waals surface area (Å²) in [5.74, 6) is 1.23. The van der Waals surface area contributed by atoms with Crippen LogP contribution >= 0.6 is 0 Å². The molecule has 1 aromatic rings. The van der Waals surface area contributed by atoms with Gasteiger partial charge in [-0.25, -0.2) is 4.98 Å². The molecule has 4 heteroatoms. The van der Waals surface area contributed by atoms with E-state index in [-0.39, 0.29) is 0 Å². The van der Waals surface area contributed by atoms with Gasteiger partial charge in [0.1, 0.15) is 6.61 Å². The normalized spacial score (nSPS) is 11.3. The van der Waals surface area contributed by atoms with Crippen molar-refractivity contribution in [3.05, 3.63) is 23.4 Å². The average molecular weight is 280 g/mol. The number of hydrogen-bond donors (Lipinski definition) is 1. The van der Waals surface area contributed by atoms with Gasteiger partial charge in [0.05, 0.1) is 6.61 Å². The molecule has 4 nitrogen and oxygen atoms in total. The number of ether oxygens (including phenoxy) is 2. The van der Waals surface area contributed by atoms with E-state index in [1.807, 2.05) is 13.0 Å². The molecule has 0 spiro atoms. The maximum Gasteiger partial charge on any atom is 0.213 e. The Labute approximate surface area is 122 Å². The van der Waals surface area contributed by atoms with Crippen molar-refractivity contribution in [3.8, 4) is 5.88 Å². The van der Waals surface area contributed by atoms with Crippen LogP contribution in [0.5, 0.6) is 5.88 Å². The Morgan fingerprint density at radius 2 is 1.90 bits per heavy atom. The number of pyridine rings is 1. The van der Waals surface area contributed by atoms with E-state index in [0.717, 1.165) is 18.8 Å². The van der Waals surface area contributed by atoms with Gasteiger partial charge in [-0.2, -0.15) is 0 Å². The predicted molar refractivity (Wildman–Crippen MR) is 82.1 cm³/mol. The van der Waals surface area contributed by atoms with Gasteiger partial charge in [0.15, 0.2) is 0 Å². The highest BCUT2D eigenvalue weighted by atomic mass is 16.5. The van der Waals surface area contributed by atoms with Crippen LogP contribution < -0.4 is 10.1 Å². The molecule has 1 rings (SSSR count). The molecule has 0 aliphatic rings. The van der Waals surface area contributed by atoms with Crippen molar-refractivity contribution >= 4 is 0 Å². The number of aromatic nitrogens is 1. The van der Waals surface area contributed by atoms with E-state index in [4.69, 9.17) is 9.47 Å². The highest BCUT2D eigenvalue weighted by Gasteiger charge is 2.03. The third-order valence-corrected chi connectivity index (χ3v) is 2.80. The minimum atomic E-state index is 0.475. The van der Waals surface area contributed by atoms with Crippen molar-refractivity contribution in [2.45, 2.75) is 47.2 Å². The molecule has 0 aromatic carbocycles. The van der Waals surface area contributed by atoms with Gasteiger partial charge in [0, 0.05) is 31.0 Å². The largest absolute Gasteiger partial charge is 0.475 e. The quantitative estimate of drug-likeness (QED) is 0.706. The highest BCUT2D eigenvalue weighted by molar-refractivity contribution is 5.24. The molecule has 1 aromatic heterocycles. The molecule has 0 fully saturated rings. The fraction of sp³-hybridized carbons (Fsp3) is 0.688. The molecule has 0 atom stereocenters. The summed E-state index contributed by atoms with van der Waals surface area (Å²) in [6.07, 6.45) is 0. The molecule has 0 radical (unpaired) electrons. The van der Waals surface area contributed by atoms with Crippen LogP contribution in [0.25, 0.3) is 0 Å². The van der Waals surface area contributed by atoms with Gasteiger partial charge < -0.3 is 14.8 Å². The monoisotopic (exact) mass is 280 g/mol. The lowest BCUT2D eigenvalue weighted by atomic mass is 10.2. The van der Waals surface area contributed by atoms with Gasteiger partial charge in [-0.05, 0) is 18.4 Å². The zero-order valence-corrected chi connectivity index (χ0v) is 13.4. The first-order chi connectivity index (χ1) is 9.49. The second-order valence-electron chi connectivity index (χ2n) is 5.75. The molecule has 0 saturated heterocycles. The summed E-state index contributed by atoms with van der Waals surface area (Å²) in [4.78, 5) is 4.47. The molecule has 1 N–H and O–H groups in total. The van der Waals surface area contributed by atoms with E-state index >= 15 is 0 Å². The first-order valence-corrected chi connectivity index (χ1v) is 7.39. The minimum Gasteiger partial charge on any atom is -0.475 e. The zero-order chi connectivity index (χ0) is 15.0. The van der Waals surface area contributed by atoms with E-state index in [1.54, 1.807) is 0 Å². The summed E-state index contributed by atoms with van der Waals surface area (Å²) in [6, 6.07) is 4.47. The molecule has 1 heterocycles. The van der Waals surface area contributed by atoms with E-state index in [1.165, 1.54) is 5.56 Å². The maximum absolute atomic E-state index is 5.59. The maximum atomic E-state index is 5.59. The summed E-state index contributed by atoms with van der Waals surface area (Å²) in [6.45, 7) is 13.3. The molecular formula is C16H28N2O2. The van der Waals surface area contributed by atoms with Gasteiger partial charge in [-0.1, -0.05) is 33.8 Å². The Kier molecular flexibility index (Phi) is 7.55. The molecular weight excluding hydrogens is 252 g/mol. The zero-order valence-electron chi connectivity index (χ0n) is 13.4. The summed E-state index contributed by atoms with van der Waals surface area (Å²) in [7, 11) is 0. The Bertz CT molecular complexity index is 392. The van der Waals surface area contributed by atoms with Crippen LogP contribution in [0.2, 0.25) is 0 Å². The first kappa shape index (κ1) is 16.9. The lowest BCUT2D eigenvalue weighted by Gasteiger charge is -2.12. The van der Waals surface area contributed by atoms with Gasteiger partial charge in [0.2, 0.25) is 5.88 Å². The van der Waals surface area contributed by atoms with Gasteiger partial charge in [0.25, 0.3) is 0 Å². The van der Waals surface area contributed by atoms with Crippen LogP contribution in [0.4, 0.5) is 0 Å². The van der Waals surface area contributed by atoms with Crippen LogP contribution in [0.3, 0.4) is 0 Å². The fourth-order valence-electron chi connectivity index (χ4n) is 1.67. The summed E-state index contributed by atoms with van der Waals surface area (Å²) in [5, 5.41) is 3.39. The third-order valence-electron chi connectivity index (χ3n) is 2.80. The van der Waals surface area contributed by atoms with Crippen LogP contribution in [-0.4, -0.2) is 30.8 Å². The highest BCUT2D eigenvalue weighted by Crippen LogP contribution is 2.12. The van der Waals surface area contributed by atoms with Crippen LogP contribution in [-0.2, 0) is 11.3 Å². The summed E-state index contributed by atoms with van der Waals surface area (Å²) in [5.41, 5.74) is 2.22. The van der Waals surface area contributed by atoms with Crippen molar-refractivity contribution in [2.24, 2.45) is 5.92 Å². The number of hydrogen-bond acceptors (Lipinski definition) is 4. The van der Waals surface area contributed by atoms with Crippen molar-refractivity contribution in [1.82, 2.24) is 10.3 Å². The topological polar surface area (TPSA) is 43.4 Å². The van der Waals surface area contributed by atoms with Crippen molar-refractivity contribution in [1.29, 1.82) is 0 Å². The molecule has 0 aliphatic carbocycles. The van der Waals surface area contributed by atoms with Gasteiger partial charge >= 0.3 is 0 Å². The number of nitrogens with one attached hydrogen (secondary N) is 1. The number of rotatable bonds is 9. The Morgan fingerprint density at radius 1 is 1.15 bits per heavy atom. The van der Waals surface area contributed by atoms with E-state index in [0.29, 0.717) is 31.1 Å². The summed E-state index contributed by atoms with van der Waals surface area (Å²) < 4.78 is 11.1. The minimum absolute atomic E-state index is 0.475.